The zero-order valence-electron chi connectivity index (χ0n) is 68.4. The summed E-state index contributed by atoms with van der Waals surface area (Å²) in [5, 5.41) is 12.4. The number of hydrogen-bond donors (Lipinski definition) is 0. The lowest BCUT2D eigenvalue weighted by atomic mass is 9.74. The molecule has 0 unspecified atom stereocenters. The molecule has 10 aromatic carbocycles. The van der Waals surface area contributed by atoms with Crippen LogP contribution in [-0.4, -0.2) is 52.4 Å². The third-order valence-corrected chi connectivity index (χ3v) is 39.5. The molecule has 5 aliphatic heterocycles. The Hall–Kier alpha value is -7.95. The number of hydrogen-bond acceptors (Lipinski definition) is 4. The molecule has 10 aromatic rings. The standard InChI is InChI=1S/C34H39NSi.C23H31N.C21H27NSi.C20H27NSi/c1-7-34(8-2,9-3)27-18-23-33-31(24-27)35(6)30-12-10-11-13-32(30)36(33,28-19-14-25(4)15-20-28)29-21-16-26(5)17-22-29;1-22(2,3)18-10-12-20-16(14-18)8-9-17-15-19(23(4,5)6)11-13-21(17)24(20)7;1-16(2)14-17-10-11-19-21(15-17)23(12-6-7-13-23)20-9-5-4-8-18(20)22(19)3;1-7-20(2,3)15-12-13-17-19(14-15)22(5,6)18-11-9-8-10-16(18)21(17)4/h10-24H,7-9H2,1-6H3;10-15H,8-9H2,1-7H3;4-5,8-11,15-16H,6-7,12-14H2,1-3H3;8-14H,7H2,1-6H3. The van der Waals surface area contributed by atoms with E-state index in [1.54, 1.807) is 20.7 Å². The molecule has 0 aromatic heterocycles. The first-order valence-corrected chi connectivity index (χ1v) is 47.4. The summed E-state index contributed by atoms with van der Waals surface area (Å²) in [6, 6.07) is 85.0. The molecular weight excluding hydrogens is 1320 g/mol. The minimum atomic E-state index is -2.52. The second kappa shape index (κ2) is 30.0. The Morgan fingerprint density at radius 1 is 0.362 bits per heavy atom. The summed E-state index contributed by atoms with van der Waals surface area (Å²) in [6.07, 6.45) is 10.9. The van der Waals surface area contributed by atoms with Gasteiger partial charge < -0.3 is 19.6 Å². The van der Waals surface area contributed by atoms with Gasteiger partial charge in [0.2, 0.25) is 0 Å². The minimum absolute atomic E-state index is 0.201. The Morgan fingerprint density at radius 3 is 1.26 bits per heavy atom. The van der Waals surface area contributed by atoms with Gasteiger partial charge in [0, 0.05) is 73.7 Å². The molecule has 0 radical (unpaired) electrons. The summed E-state index contributed by atoms with van der Waals surface area (Å²) in [4.78, 5) is 9.62. The van der Waals surface area contributed by atoms with Gasteiger partial charge in [-0.25, -0.2) is 0 Å². The largest absolute Gasteiger partial charge is 0.345 e. The maximum atomic E-state index is 2.58. The average molecular weight is 1440 g/mol. The van der Waals surface area contributed by atoms with Crippen molar-refractivity contribution in [2.75, 3.05) is 47.8 Å². The lowest BCUT2D eigenvalue weighted by Crippen LogP contribution is -2.77. The Morgan fingerprint density at radius 2 is 0.762 bits per heavy atom. The number of benzene rings is 10. The van der Waals surface area contributed by atoms with Crippen LogP contribution in [0.1, 0.15) is 186 Å². The van der Waals surface area contributed by atoms with Crippen molar-refractivity contribution in [2.45, 2.75) is 215 Å². The third-order valence-electron chi connectivity index (χ3n) is 25.8. The molecule has 0 aliphatic carbocycles. The highest BCUT2D eigenvalue weighted by molar-refractivity contribution is 7.21. The summed E-state index contributed by atoms with van der Waals surface area (Å²) < 4.78 is 0. The van der Waals surface area contributed by atoms with E-state index in [9.17, 15) is 0 Å². The number of para-hydroxylation sites is 3. The van der Waals surface area contributed by atoms with Gasteiger partial charge in [-0.1, -0.05) is 298 Å². The van der Waals surface area contributed by atoms with Crippen LogP contribution < -0.4 is 61.1 Å². The van der Waals surface area contributed by atoms with Crippen LogP contribution >= 0.6 is 0 Å². The molecular formula is C98H124N4Si3. The monoisotopic (exact) mass is 1440 g/mol. The van der Waals surface area contributed by atoms with Gasteiger partial charge in [0.1, 0.15) is 16.1 Å². The molecule has 5 heterocycles. The van der Waals surface area contributed by atoms with E-state index in [0.29, 0.717) is 0 Å². The highest BCUT2D eigenvalue weighted by Crippen LogP contribution is 2.44. The highest BCUT2D eigenvalue weighted by atomic mass is 28.3. The number of fused-ring (bicyclic) bond motifs is 10. The van der Waals surface area contributed by atoms with Gasteiger partial charge >= 0.3 is 0 Å². The van der Waals surface area contributed by atoms with Crippen LogP contribution in [0.25, 0.3) is 0 Å². The van der Waals surface area contributed by atoms with Crippen molar-refractivity contribution in [3.05, 3.63) is 262 Å². The fourth-order valence-corrected chi connectivity index (χ4v) is 32.4. The molecule has 0 bridgehead atoms. The normalized spacial score (nSPS) is 15.7. The van der Waals surface area contributed by atoms with Gasteiger partial charge in [-0.15, -0.1) is 0 Å². The SMILES string of the molecule is CC(C)Cc1ccc2c(c1)[Si]1(CCCC1)c1ccccc1N2C.CCC(C)(C)c1ccc2c(c1)[Si](C)(C)c1ccccc1N2C.CCC(CC)(CC)c1ccc2c(c1)N(C)c1ccccc1[Si]2(c1ccc(C)cc1)c1ccc(C)cc1.CN1c2ccc(C(C)(C)C)cc2CCc2cc(C(C)(C)C)ccc21. The molecule has 1 saturated heterocycles. The van der Waals surface area contributed by atoms with Crippen molar-refractivity contribution in [1.82, 2.24) is 0 Å². The zero-order valence-corrected chi connectivity index (χ0v) is 71.4. The molecule has 1 spiro atoms. The van der Waals surface area contributed by atoms with Crippen molar-refractivity contribution < 1.29 is 0 Å². The van der Waals surface area contributed by atoms with Crippen molar-refractivity contribution >= 4 is 111 Å². The Labute approximate surface area is 638 Å². The van der Waals surface area contributed by atoms with Crippen LogP contribution in [0, 0.1) is 19.8 Å². The van der Waals surface area contributed by atoms with E-state index < -0.39 is 24.2 Å². The first kappa shape index (κ1) is 76.7. The van der Waals surface area contributed by atoms with Crippen molar-refractivity contribution in [2.24, 2.45) is 5.92 Å². The van der Waals surface area contributed by atoms with E-state index in [4.69, 9.17) is 0 Å². The second-order valence-electron chi connectivity index (χ2n) is 35.4. The topological polar surface area (TPSA) is 13.0 Å². The fraction of sp³-hybridized carbons (Fsp3) is 0.388. The van der Waals surface area contributed by atoms with E-state index in [0.717, 1.165) is 38.0 Å². The van der Waals surface area contributed by atoms with E-state index >= 15 is 0 Å². The molecule has 1 fully saturated rings. The quantitative estimate of drug-likeness (QED) is 0.127. The molecule has 5 aliphatic rings. The maximum Gasteiger partial charge on any atom is 0.183 e. The fourth-order valence-electron chi connectivity index (χ4n) is 18.5. The Balaban J connectivity index is 0.000000134. The summed E-state index contributed by atoms with van der Waals surface area (Å²) >= 11 is 0. The molecule has 0 amide bonds. The second-order valence-corrected chi connectivity index (χ2v) is 47.7. The zero-order chi connectivity index (χ0) is 75.3. The molecule has 548 valence electrons. The first-order valence-electron chi connectivity index (χ1n) is 40.0. The predicted octanol–water partition coefficient (Wildman–Crippen LogP) is 21.0. The summed E-state index contributed by atoms with van der Waals surface area (Å²) in [5.74, 6) is 0.725. The summed E-state index contributed by atoms with van der Waals surface area (Å²) in [6.45, 7) is 41.8. The van der Waals surface area contributed by atoms with E-state index in [1.807, 2.05) is 0 Å². The number of aryl methyl sites for hydroxylation is 4. The van der Waals surface area contributed by atoms with Gasteiger partial charge in [0.25, 0.3) is 0 Å². The Bertz CT molecular complexity index is 4620. The van der Waals surface area contributed by atoms with Crippen LogP contribution in [0.15, 0.2) is 212 Å². The van der Waals surface area contributed by atoms with Crippen molar-refractivity contribution in [3.63, 3.8) is 0 Å². The van der Waals surface area contributed by atoms with Gasteiger partial charge in [0.05, 0.1) is 0 Å². The molecule has 4 nitrogen and oxygen atoms in total. The Kier molecular flexibility index (Phi) is 21.9. The molecule has 7 heteroatoms. The van der Waals surface area contributed by atoms with Crippen molar-refractivity contribution in [1.29, 1.82) is 0 Å². The first-order chi connectivity index (χ1) is 49.9. The number of nitrogens with zero attached hydrogens (tertiary/aromatic N) is 4. The predicted molar refractivity (Wildman–Crippen MR) is 470 cm³/mol. The van der Waals surface area contributed by atoms with Crippen LogP contribution in [0.4, 0.5) is 45.5 Å². The molecule has 105 heavy (non-hydrogen) atoms. The van der Waals surface area contributed by atoms with E-state index in [1.165, 1.54) is 154 Å². The van der Waals surface area contributed by atoms with Gasteiger partial charge in [-0.3, -0.25) is 0 Å². The number of anilines is 8. The smallest absolute Gasteiger partial charge is 0.183 e. The lowest BCUT2D eigenvalue weighted by molar-refractivity contribution is 0.382. The van der Waals surface area contributed by atoms with Gasteiger partial charge in [-0.2, -0.15) is 0 Å². The van der Waals surface area contributed by atoms with Crippen LogP contribution in [0.2, 0.25) is 25.2 Å². The van der Waals surface area contributed by atoms with Crippen molar-refractivity contribution in [3.8, 4) is 0 Å². The maximum absolute atomic E-state index is 2.58. The summed E-state index contributed by atoms with van der Waals surface area (Å²) in [7, 11) is 3.23. The van der Waals surface area contributed by atoms with Crippen LogP contribution in [0.3, 0.4) is 0 Å². The molecule has 0 atom stereocenters. The highest BCUT2D eigenvalue weighted by Gasteiger charge is 2.50. The summed E-state index contributed by atoms with van der Waals surface area (Å²) in [5.41, 5.74) is 24.9. The van der Waals surface area contributed by atoms with Gasteiger partial charge in [0.15, 0.2) is 8.07 Å². The van der Waals surface area contributed by atoms with E-state index in [2.05, 4.69) is 384 Å². The van der Waals surface area contributed by atoms with E-state index in [-0.39, 0.29) is 21.7 Å². The molecule has 0 saturated carbocycles. The van der Waals surface area contributed by atoms with Gasteiger partial charge in [-0.05, 0) is 227 Å². The van der Waals surface area contributed by atoms with Crippen LogP contribution in [0.5, 0.6) is 0 Å². The molecule has 15 rings (SSSR count). The lowest BCUT2D eigenvalue weighted by Gasteiger charge is -2.45. The minimum Gasteiger partial charge on any atom is -0.345 e. The van der Waals surface area contributed by atoms with Crippen LogP contribution in [-0.2, 0) is 40.9 Å². The number of rotatable bonds is 10. The average Bonchev–Trinajstić information content (AvgIpc) is 0.966. The third kappa shape index (κ3) is 14.3. The molecule has 0 N–H and O–H groups in total.